The number of benzene rings is 1. The summed E-state index contributed by atoms with van der Waals surface area (Å²) in [4.78, 5) is 19.8. The fraction of sp³-hybridized carbons (Fsp3) is 0.182. The summed E-state index contributed by atoms with van der Waals surface area (Å²) < 4.78 is 2.24. The monoisotopic (exact) mass is 263 g/mol. The van der Waals surface area contributed by atoms with Crippen LogP contribution in [-0.2, 0) is 4.79 Å². The lowest BCUT2D eigenvalue weighted by Gasteiger charge is -1.91. The molecule has 2 aromatic heterocycles. The van der Waals surface area contributed by atoms with E-state index in [2.05, 4.69) is 15.3 Å². The van der Waals surface area contributed by atoms with Gasteiger partial charge in [0.25, 0.3) is 0 Å². The normalized spacial score (nSPS) is 11.2. The van der Waals surface area contributed by atoms with Crippen molar-refractivity contribution in [3.05, 3.63) is 17.1 Å². The van der Waals surface area contributed by atoms with Gasteiger partial charge in [0.15, 0.2) is 5.13 Å². The number of hydrogen-bond acceptors (Lipinski definition) is 5. The number of nitrogens with one attached hydrogen (secondary N) is 1. The molecule has 0 saturated heterocycles. The van der Waals surface area contributed by atoms with E-state index in [9.17, 15) is 4.79 Å². The Hall–Kier alpha value is -1.53. The molecule has 0 unspecified atom stereocenters. The number of carbonyl (C=O) groups is 1. The highest BCUT2D eigenvalue weighted by Gasteiger charge is 2.10. The zero-order valence-electron chi connectivity index (χ0n) is 9.27. The Morgan fingerprint density at radius 2 is 1.82 bits per heavy atom. The van der Waals surface area contributed by atoms with Gasteiger partial charge in [-0.1, -0.05) is 11.3 Å². The Bertz CT molecular complexity index is 729. The second kappa shape index (κ2) is 3.75. The van der Waals surface area contributed by atoms with Gasteiger partial charge in [0.2, 0.25) is 5.91 Å². The first-order valence-corrected chi connectivity index (χ1v) is 6.71. The Morgan fingerprint density at radius 1 is 1.18 bits per heavy atom. The van der Waals surface area contributed by atoms with Crippen molar-refractivity contribution in [2.75, 3.05) is 5.32 Å². The van der Waals surface area contributed by atoms with Gasteiger partial charge in [-0.25, -0.2) is 9.97 Å². The van der Waals surface area contributed by atoms with Crippen molar-refractivity contribution < 1.29 is 4.79 Å². The van der Waals surface area contributed by atoms with Gasteiger partial charge in [-0.05, 0) is 19.1 Å². The maximum atomic E-state index is 11.0. The zero-order chi connectivity index (χ0) is 12.0. The third-order valence-electron chi connectivity index (χ3n) is 2.30. The van der Waals surface area contributed by atoms with Gasteiger partial charge in [-0.3, -0.25) is 4.79 Å². The number of rotatable bonds is 1. The fourth-order valence-corrected chi connectivity index (χ4v) is 3.74. The maximum Gasteiger partial charge on any atom is 0.223 e. The van der Waals surface area contributed by atoms with E-state index in [4.69, 9.17) is 0 Å². The van der Waals surface area contributed by atoms with Gasteiger partial charge in [-0.2, -0.15) is 0 Å². The van der Waals surface area contributed by atoms with E-state index in [1.807, 2.05) is 19.1 Å². The van der Waals surface area contributed by atoms with Crippen LogP contribution in [-0.4, -0.2) is 15.9 Å². The number of aromatic nitrogens is 2. The Morgan fingerprint density at radius 3 is 2.53 bits per heavy atom. The molecule has 0 saturated carbocycles. The minimum absolute atomic E-state index is 0.0965. The smallest absolute Gasteiger partial charge is 0.223 e. The van der Waals surface area contributed by atoms with Gasteiger partial charge in [0.05, 0.1) is 25.4 Å². The molecule has 1 aromatic carbocycles. The van der Waals surface area contributed by atoms with Gasteiger partial charge in [0, 0.05) is 6.92 Å². The van der Waals surface area contributed by atoms with Gasteiger partial charge < -0.3 is 5.32 Å². The lowest BCUT2D eigenvalue weighted by atomic mass is 10.3. The van der Waals surface area contributed by atoms with Crippen molar-refractivity contribution in [1.29, 1.82) is 0 Å². The van der Waals surface area contributed by atoms with Crippen LogP contribution in [0, 0.1) is 6.92 Å². The van der Waals surface area contributed by atoms with E-state index in [0.717, 1.165) is 25.4 Å². The summed E-state index contributed by atoms with van der Waals surface area (Å²) in [6, 6.07) is 3.91. The topological polar surface area (TPSA) is 54.9 Å². The molecule has 17 heavy (non-hydrogen) atoms. The Labute approximate surface area is 105 Å². The third-order valence-corrected chi connectivity index (χ3v) is 4.44. The van der Waals surface area contributed by atoms with Crippen molar-refractivity contribution in [2.45, 2.75) is 13.8 Å². The summed E-state index contributed by atoms with van der Waals surface area (Å²) in [5.74, 6) is -0.0965. The molecule has 6 heteroatoms. The summed E-state index contributed by atoms with van der Waals surface area (Å²) >= 11 is 3.16. The molecule has 1 amide bonds. The standard InChI is InChI=1S/C11H9N3OS2/c1-5(15)12-11-14-8-4-3-7-9(10(8)17-11)16-6(2)13-7/h3-4H,1-2H3,(H,12,14,15). The predicted molar refractivity (Wildman–Crippen MR) is 71.8 cm³/mol. The van der Waals surface area contributed by atoms with E-state index in [0.29, 0.717) is 5.13 Å². The minimum Gasteiger partial charge on any atom is -0.302 e. The van der Waals surface area contributed by atoms with E-state index in [1.54, 1.807) is 11.3 Å². The first-order chi connectivity index (χ1) is 8.13. The van der Waals surface area contributed by atoms with Crippen molar-refractivity contribution in [1.82, 2.24) is 9.97 Å². The molecule has 0 aliphatic heterocycles. The number of fused-ring (bicyclic) bond motifs is 3. The molecule has 0 aliphatic rings. The second-order valence-electron chi connectivity index (χ2n) is 3.70. The molecule has 0 radical (unpaired) electrons. The van der Waals surface area contributed by atoms with Gasteiger partial charge >= 0.3 is 0 Å². The maximum absolute atomic E-state index is 11.0. The minimum atomic E-state index is -0.0965. The summed E-state index contributed by atoms with van der Waals surface area (Å²) in [5, 5.41) is 4.41. The number of nitrogens with zero attached hydrogens (tertiary/aromatic N) is 2. The molecule has 0 aliphatic carbocycles. The zero-order valence-corrected chi connectivity index (χ0v) is 10.9. The number of hydrogen-bond donors (Lipinski definition) is 1. The molecule has 3 aromatic rings. The molecule has 2 heterocycles. The lowest BCUT2D eigenvalue weighted by molar-refractivity contribution is -0.114. The first-order valence-electron chi connectivity index (χ1n) is 5.08. The van der Waals surface area contributed by atoms with Crippen LogP contribution in [0.1, 0.15) is 11.9 Å². The molecule has 4 nitrogen and oxygen atoms in total. The van der Waals surface area contributed by atoms with E-state index in [1.165, 1.54) is 18.3 Å². The molecular formula is C11H9N3OS2. The van der Waals surface area contributed by atoms with Crippen LogP contribution >= 0.6 is 22.7 Å². The molecule has 0 atom stereocenters. The largest absolute Gasteiger partial charge is 0.302 e. The highest BCUT2D eigenvalue weighted by molar-refractivity contribution is 7.28. The van der Waals surface area contributed by atoms with Crippen LogP contribution in [0.15, 0.2) is 12.1 Å². The molecule has 0 bridgehead atoms. The average Bonchev–Trinajstić information content (AvgIpc) is 2.77. The van der Waals surface area contributed by atoms with Crippen molar-refractivity contribution >= 4 is 54.1 Å². The SMILES string of the molecule is CC(=O)Nc1nc2ccc3nc(C)sc3c2s1. The molecule has 86 valence electrons. The van der Waals surface area contributed by atoms with Gasteiger partial charge in [-0.15, -0.1) is 11.3 Å². The highest BCUT2D eigenvalue weighted by atomic mass is 32.1. The van der Waals surface area contributed by atoms with Crippen molar-refractivity contribution in [2.24, 2.45) is 0 Å². The van der Waals surface area contributed by atoms with E-state index >= 15 is 0 Å². The average molecular weight is 263 g/mol. The summed E-state index contributed by atoms with van der Waals surface area (Å²) in [7, 11) is 0. The van der Waals surface area contributed by atoms with Gasteiger partial charge in [0.1, 0.15) is 0 Å². The lowest BCUT2D eigenvalue weighted by Crippen LogP contribution is -2.04. The number of anilines is 1. The molecule has 0 spiro atoms. The predicted octanol–water partition coefficient (Wildman–Crippen LogP) is 3.17. The van der Waals surface area contributed by atoms with Crippen LogP contribution in [0.3, 0.4) is 0 Å². The summed E-state index contributed by atoms with van der Waals surface area (Å²) in [6.07, 6.45) is 0. The van der Waals surface area contributed by atoms with Crippen LogP contribution in [0.25, 0.3) is 20.4 Å². The summed E-state index contributed by atoms with van der Waals surface area (Å²) in [6.45, 7) is 3.48. The second-order valence-corrected chi connectivity index (χ2v) is 5.90. The van der Waals surface area contributed by atoms with Crippen LogP contribution in [0.2, 0.25) is 0 Å². The number of thiazole rings is 2. The first kappa shape index (κ1) is 10.6. The quantitative estimate of drug-likeness (QED) is 0.733. The molecular weight excluding hydrogens is 254 g/mol. The van der Waals surface area contributed by atoms with Crippen LogP contribution in [0.5, 0.6) is 0 Å². The van der Waals surface area contributed by atoms with Crippen LogP contribution in [0.4, 0.5) is 5.13 Å². The van der Waals surface area contributed by atoms with E-state index in [-0.39, 0.29) is 5.91 Å². The number of carbonyl (C=O) groups excluding carboxylic acids is 1. The Kier molecular flexibility index (Phi) is 2.34. The number of aryl methyl sites for hydroxylation is 1. The fourth-order valence-electron chi connectivity index (χ4n) is 1.69. The molecule has 0 fully saturated rings. The van der Waals surface area contributed by atoms with Crippen molar-refractivity contribution in [3.8, 4) is 0 Å². The van der Waals surface area contributed by atoms with Crippen molar-refractivity contribution in [3.63, 3.8) is 0 Å². The highest BCUT2D eigenvalue weighted by Crippen LogP contribution is 2.35. The molecule has 1 N–H and O–H groups in total. The summed E-state index contributed by atoms with van der Waals surface area (Å²) in [5.41, 5.74) is 1.91. The third kappa shape index (κ3) is 1.79. The number of amides is 1. The molecule has 3 rings (SSSR count). The Balaban J connectivity index is 2.26. The van der Waals surface area contributed by atoms with Crippen LogP contribution < -0.4 is 5.32 Å². The van der Waals surface area contributed by atoms with E-state index < -0.39 is 0 Å².